The van der Waals surface area contributed by atoms with E-state index in [0.717, 1.165) is 36.8 Å². The van der Waals surface area contributed by atoms with Crippen LogP contribution in [0.15, 0.2) is 29.3 Å². The standard InChI is InChI=1S/C18H24N4O4S/c19-17(21-12-23)20-10-2-1-4-13-6-8-14(9-7-13)26-11-3-5-15-16(24)22-18(25)27-15/h6-9,12,15H,1-5,10-11H2,(H,22,24,25)(H3,19,20,21,23). The van der Waals surface area contributed by atoms with Crippen molar-refractivity contribution in [1.29, 1.82) is 0 Å². The predicted octanol–water partition coefficient (Wildman–Crippen LogP) is 1.58. The molecule has 0 aromatic heterocycles. The maximum Gasteiger partial charge on any atom is 0.286 e. The number of amides is 3. The Morgan fingerprint density at radius 3 is 2.70 bits per heavy atom. The Hall–Kier alpha value is -2.55. The number of nitrogens with zero attached hydrogens (tertiary/aromatic N) is 1. The predicted molar refractivity (Wildman–Crippen MR) is 105 cm³/mol. The minimum Gasteiger partial charge on any atom is -0.494 e. The number of unbranched alkanes of at least 4 members (excludes halogenated alkanes) is 1. The summed E-state index contributed by atoms with van der Waals surface area (Å²) in [7, 11) is 0. The van der Waals surface area contributed by atoms with Gasteiger partial charge in [-0.1, -0.05) is 23.9 Å². The fourth-order valence-electron chi connectivity index (χ4n) is 2.54. The molecule has 1 heterocycles. The second kappa shape index (κ2) is 11.2. The first kappa shape index (κ1) is 20.8. The summed E-state index contributed by atoms with van der Waals surface area (Å²) in [4.78, 5) is 36.7. The Balaban J connectivity index is 1.59. The zero-order chi connectivity index (χ0) is 19.5. The molecule has 1 fully saturated rings. The number of nitrogens with two attached hydrogens (primary N) is 1. The SMILES string of the molecule is NC(=NCCCCc1ccc(OCCCC2SC(=O)NC2=O)cc1)NC=O. The molecule has 4 N–H and O–H groups in total. The van der Waals surface area contributed by atoms with E-state index >= 15 is 0 Å². The Morgan fingerprint density at radius 2 is 2.04 bits per heavy atom. The van der Waals surface area contributed by atoms with Crippen LogP contribution in [0.25, 0.3) is 0 Å². The highest BCUT2D eigenvalue weighted by Gasteiger charge is 2.30. The topological polar surface area (TPSA) is 123 Å². The van der Waals surface area contributed by atoms with Crippen molar-refractivity contribution in [3.8, 4) is 5.75 Å². The summed E-state index contributed by atoms with van der Waals surface area (Å²) in [5.74, 6) is 0.726. The normalized spacial score (nSPS) is 16.9. The molecule has 1 atom stereocenters. The lowest BCUT2D eigenvalue weighted by Gasteiger charge is -2.08. The molecule has 0 radical (unpaired) electrons. The number of guanidine groups is 1. The highest BCUT2D eigenvalue weighted by atomic mass is 32.2. The smallest absolute Gasteiger partial charge is 0.286 e. The Bertz CT molecular complexity index is 678. The lowest BCUT2D eigenvalue weighted by molar-refractivity contribution is -0.119. The van der Waals surface area contributed by atoms with Gasteiger partial charge in [-0.25, -0.2) is 0 Å². The second-order valence-electron chi connectivity index (χ2n) is 6.00. The molecular weight excluding hydrogens is 368 g/mol. The van der Waals surface area contributed by atoms with Gasteiger partial charge in [0.2, 0.25) is 12.3 Å². The van der Waals surface area contributed by atoms with E-state index in [2.05, 4.69) is 15.6 Å². The van der Waals surface area contributed by atoms with Crippen molar-refractivity contribution in [2.45, 2.75) is 37.4 Å². The van der Waals surface area contributed by atoms with E-state index in [1.54, 1.807) is 0 Å². The van der Waals surface area contributed by atoms with Crippen molar-refractivity contribution in [2.24, 2.45) is 10.7 Å². The molecule has 9 heteroatoms. The molecule has 1 aromatic carbocycles. The summed E-state index contributed by atoms with van der Waals surface area (Å²) in [6, 6.07) is 7.92. The monoisotopic (exact) mass is 392 g/mol. The number of nitrogens with one attached hydrogen (secondary N) is 2. The number of hydrogen-bond donors (Lipinski definition) is 3. The zero-order valence-corrected chi connectivity index (χ0v) is 15.8. The molecule has 1 aromatic rings. The van der Waals surface area contributed by atoms with Crippen molar-refractivity contribution in [3.05, 3.63) is 29.8 Å². The van der Waals surface area contributed by atoms with Crippen molar-refractivity contribution in [1.82, 2.24) is 10.6 Å². The van der Waals surface area contributed by atoms with Crippen LogP contribution >= 0.6 is 11.8 Å². The minimum absolute atomic E-state index is 0.144. The molecule has 0 aliphatic carbocycles. The first-order valence-corrected chi connectivity index (χ1v) is 9.70. The van der Waals surface area contributed by atoms with Crippen LogP contribution in [0, 0.1) is 0 Å². The zero-order valence-electron chi connectivity index (χ0n) is 15.0. The van der Waals surface area contributed by atoms with E-state index < -0.39 is 0 Å². The molecule has 2 rings (SSSR count). The van der Waals surface area contributed by atoms with Gasteiger partial charge in [0.25, 0.3) is 5.24 Å². The number of ether oxygens (including phenoxy) is 1. The molecule has 0 spiro atoms. The number of imide groups is 1. The van der Waals surface area contributed by atoms with Crippen LogP contribution in [0.3, 0.4) is 0 Å². The molecular formula is C18H24N4O4S. The number of hydrogen-bond acceptors (Lipinski definition) is 6. The van der Waals surface area contributed by atoms with E-state index in [9.17, 15) is 14.4 Å². The maximum atomic E-state index is 11.5. The molecule has 0 saturated carbocycles. The summed E-state index contributed by atoms with van der Waals surface area (Å²) in [6.45, 7) is 1.09. The first-order chi connectivity index (χ1) is 13.1. The van der Waals surface area contributed by atoms with Crippen molar-refractivity contribution in [3.63, 3.8) is 0 Å². The molecule has 3 amide bonds. The molecule has 0 bridgehead atoms. The minimum atomic E-state index is -0.294. The van der Waals surface area contributed by atoms with Gasteiger partial charge in [-0.15, -0.1) is 0 Å². The van der Waals surface area contributed by atoms with Crippen molar-refractivity contribution in [2.75, 3.05) is 13.2 Å². The largest absolute Gasteiger partial charge is 0.494 e. The lowest BCUT2D eigenvalue weighted by atomic mass is 10.1. The van der Waals surface area contributed by atoms with Gasteiger partial charge in [0.1, 0.15) is 5.75 Å². The van der Waals surface area contributed by atoms with E-state index in [1.165, 1.54) is 5.56 Å². The van der Waals surface area contributed by atoms with E-state index in [-0.39, 0.29) is 22.4 Å². The molecule has 8 nitrogen and oxygen atoms in total. The third-order valence-corrected chi connectivity index (χ3v) is 4.98. The average molecular weight is 392 g/mol. The number of rotatable bonds is 11. The fraction of sp³-hybridized carbons (Fsp3) is 0.444. The quantitative estimate of drug-likeness (QED) is 0.227. The van der Waals surface area contributed by atoms with Crippen LogP contribution in [0.1, 0.15) is 31.2 Å². The highest BCUT2D eigenvalue weighted by molar-refractivity contribution is 8.15. The average Bonchev–Trinajstić information content (AvgIpc) is 2.97. The van der Waals surface area contributed by atoms with Gasteiger partial charge in [0.05, 0.1) is 11.9 Å². The summed E-state index contributed by atoms with van der Waals surface area (Å²) in [5.41, 5.74) is 6.66. The van der Waals surface area contributed by atoms with Gasteiger partial charge in [0.15, 0.2) is 5.96 Å². The van der Waals surface area contributed by atoms with Crippen LogP contribution in [-0.2, 0) is 16.0 Å². The number of carbonyl (C=O) groups excluding carboxylic acids is 3. The van der Waals surface area contributed by atoms with E-state index in [4.69, 9.17) is 10.5 Å². The maximum absolute atomic E-state index is 11.5. The van der Waals surface area contributed by atoms with Crippen molar-refractivity contribution < 1.29 is 19.1 Å². The van der Waals surface area contributed by atoms with Gasteiger partial charge in [-0.3, -0.25) is 30.0 Å². The van der Waals surface area contributed by atoms with Gasteiger partial charge in [0, 0.05) is 6.54 Å². The fourth-order valence-corrected chi connectivity index (χ4v) is 3.41. The second-order valence-corrected chi connectivity index (χ2v) is 7.18. The third kappa shape index (κ3) is 7.69. The Kier molecular flexibility index (Phi) is 8.63. The molecule has 146 valence electrons. The van der Waals surface area contributed by atoms with Crippen LogP contribution in [0.4, 0.5) is 4.79 Å². The molecule has 1 aliphatic rings. The molecule has 1 unspecified atom stereocenters. The van der Waals surface area contributed by atoms with E-state index in [1.807, 2.05) is 24.3 Å². The first-order valence-electron chi connectivity index (χ1n) is 8.82. The van der Waals surface area contributed by atoms with Gasteiger partial charge in [-0.2, -0.15) is 0 Å². The summed E-state index contributed by atoms with van der Waals surface area (Å²) < 4.78 is 5.68. The third-order valence-electron chi connectivity index (χ3n) is 3.93. The number of aryl methyl sites for hydroxylation is 1. The molecule has 1 aliphatic heterocycles. The van der Waals surface area contributed by atoms with E-state index in [0.29, 0.717) is 32.4 Å². The Morgan fingerprint density at radius 1 is 1.26 bits per heavy atom. The Labute approximate surface area is 162 Å². The molecule has 1 saturated heterocycles. The number of aliphatic imine (C=N–C) groups is 1. The lowest BCUT2D eigenvalue weighted by Crippen LogP contribution is -2.30. The number of benzene rings is 1. The van der Waals surface area contributed by atoms with Crippen molar-refractivity contribution >= 4 is 35.3 Å². The van der Waals surface area contributed by atoms with Gasteiger partial charge >= 0.3 is 0 Å². The summed E-state index contributed by atoms with van der Waals surface area (Å²) >= 11 is 1.05. The summed E-state index contributed by atoms with van der Waals surface area (Å²) in [5, 5.41) is 4.02. The summed E-state index contributed by atoms with van der Waals surface area (Å²) in [6.07, 6.45) is 4.62. The van der Waals surface area contributed by atoms with Crippen LogP contribution in [0.5, 0.6) is 5.75 Å². The highest BCUT2D eigenvalue weighted by Crippen LogP contribution is 2.23. The van der Waals surface area contributed by atoms with Gasteiger partial charge < -0.3 is 10.5 Å². The molecule has 27 heavy (non-hydrogen) atoms. The van der Waals surface area contributed by atoms with Gasteiger partial charge in [-0.05, 0) is 49.8 Å². The van der Waals surface area contributed by atoms with Crippen LogP contribution in [-0.4, -0.2) is 41.9 Å². The van der Waals surface area contributed by atoms with Crippen LogP contribution in [0.2, 0.25) is 0 Å². The number of carbonyl (C=O) groups is 3. The number of thioether (sulfide) groups is 1. The van der Waals surface area contributed by atoms with Crippen LogP contribution < -0.4 is 21.1 Å².